The molecule has 0 atom stereocenters. The Morgan fingerprint density at radius 3 is 2.69 bits per heavy atom. The lowest BCUT2D eigenvalue weighted by atomic mass is 10.1. The summed E-state index contributed by atoms with van der Waals surface area (Å²) < 4.78 is 13.2. The van der Waals surface area contributed by atoms with Gasteiger partial charge in [0.2, 0.25) is 0 Å². The second-order valence-corrected chi connectivity index (χ2v) is 3.70. The van der Waals surface area contributed by atoms with E-state index in [1.165, 1.54) is 0 Å². The second kappa shape index (κ2) is 3.84. The maximum Gasteiger partial charge on any atom is 0.299 e. The van der Waals surface area contributed by atoms with Crippen molar-refractivity contribution >= 4 is 29.0 Å². The minimum atomic E-state index is -0.772. The Kier molecular flexibility index (Phi) is 2.65. The van der Waals surface area contributed by atoms with Gasteiger partial charge < -0.3 is 10.0 Å². The molecular weight excluding hydrogens is 237 g/mol. The molecular formula is C10H7ClFNO3. The SMILES string of the molecule is O=C1C(=O)N(CCO)c2cc(F)c(Cl)cc21. The summed E-state index contributed by atoms with van der Waals surface area (Å²) in [5.74, 6) is -2.21. The molecule has 1 heterocycles. The molecule has 1 amide bonds. The van der Waals surface area contributed by atoms with E-state index in [1.54, 1.807) is 0 Å². The van der Waals surface area contributed by atoms with Crippen molar-refractivity contribution in [2.24, 2.45) is 0 Å². The Balaban J connectivity index is 2.56. The molecule has 0 unspecified atom stereocenters. The molecule has 0 fully saturated rings. The monoisotopic (exact) mass is 243 g/mol. The highest BCUT2D eigenvalue weighted by Crippen LogP contribution is 2.32. The summed E-state index contributed by atoms with van der Waals surface area (Å²) in [6.45, 7) is -0.346. The number of amides is 1. The number of carbonyl (C=O) groups is 2. The first-order valence-electron chi connectivity index (χ1n) is 4.52. The molecule has 4 nitrogen and oxygen atoms in total. The van der Waals surface area contributed by atoms with Crippen LogP contribution in [0.15, 0.2) is 12.1 Å². The van der Waals surface area contributed by atoms with Crippen molar-refractivity contribution in [1.29, 1.82) is 0 Å². The third-order valence-electron chi connectivity index (χ3n) is 2.34. The van der Waals surface area contributed by atoms with E-state index in [0.717, 1.165) is 17.0 Å². The van der Waals surface area contributed by atoms with Crippen LogP contribution >= 0.6 is 11.6 Å². The molecule has 84 valence electrons. The van der Waals surface area contributed by atoms with Crippen LogP contribution in [0.4, 0.5) is 10.1 Å². The second-order valence-electron chi connectivity index (χ2n) is 3.29. The van der Waals surface area contributed by atoms with E-state index in [-0.39, 0.29) is 29.4 Å². The molecule has 2 rings (SSSR count). The maximum absolute atomic E-state index is 13.2. The van der Waals surface area contributed by atoms with Crippen LogP contribution in [0, 0.1) is 5.82 Å². The van der Waals surface area contributed by atoms with Gasteiger partial charge in [0.25, 0.3) is 11.7 Å². The van der Waals surface area contributed by atoms with Gasteiger partial charge in [-0.1, -0.05) is 11.6 Å². The first-order valence-corrected chi connectivity index (χ1v) is 4.90. The summed E-state index contributed by atoms with van der Waals surface area (Å²) >= 11 is 5.52. The molecule has 0 spiro atoms. The molecule has 0 aliphatic carbocycles. The third-order valence-corrected chi connectivity index (χ3v) is 2.63. The lowest BCUT2D eigenvalue weighted by Crippen LogP contribution is -2.32. The summed E-state index contributed by atoms with van der Waals surface area (Å²) in [6, 6.07) is 2.15. The van der Waals surface area contributed by atoms with E-state index in [1.807, 2.05) is 0 Å². The molecule has 0 bridgehead atoms. The fourth-order valence-electron chi connectivity index (χ4n) is 1.61. The highest BCUT2D eigenvalue weighted by Gasteiger charge is 2.36. The zero-order valence-corrected chi connectivity index (χ0v) is 8.79. The number of aliphatic hydroxyl groups excluding tert-OH is 1. The van der Waals surface area contributed by atoms with Crippen molar-refractivity contribution in [3.63, 3.8) is 0 Å². The van der Waals surface area contributed by atoms with Crippen LogP contribution in [-0.2, 0) is 4.79 Å². The van der Waals surface area contributed by atoms with Gasteiger partial charge >= 0.3 is 0 Å². The van der Waals surface area contributed by atoms with Crippen molar-refractivity contribution < 1.29 is 19.1 Å². The van der Waals surface area contributed by atoms with Crippen LogP contribution in [0.25, 0.3) is 0 Å². The lowest BCUT2D eigenvalue weighted by Gasteiger charge is -2.14. The van der Waals surface area contributed by atoms with Gasteiger partial charge in [-0.15, -0.1) is 0 Å². The van der Waals surface area contributed by atoms with E-state index in [4.69, 9.17) is 16.7 Å². The number of halogens is 2. The standard InChI is InChI=1S/C10H7ClFNO3/c11-6-3-5-8(4-7(6)12)13(1-2-14)10(16)9(5)15/h3-4,14H,1-2H2. The van der Waals surface area contributed by atoms with Crippen LogP contribution in [0.5, 0.6) is 0 Å². The van der Waals surface area contributed by atoms with Gasteiger partial charge in [0.05, 0.1) is 22.9 Å². The summed E-state index contributed by atoms with van der Waals surface area (Å²) in [4.78, 5) is 24.0. The highest BCUT2D eigenvalue weighted by atomic mass is 35.5. The minimum Gasteiger partial charge on any atom is -0.395 e. The van der Waals surface area contributed by atoms with Crippen LogP contribution < -0.4 is 4.90 Å². The average molecular weight is 244 g/mol. The van der Waals surface area contributed by atoms with Gasteiger partial charge in [0, 0.05) is 6.54 Å². The Labute approximate surface area is 95.2 Å². The number of ketones is 1. The number of aliphatic hydroxyl groups is 1. The van der Waals surface area contributed by atoms with Gasteiger partial charge in [-0.2, -0.15) is 0 Å². The summed E-state index contributed by atoms with van der Waals surface area (Å²) in [5.41, 5.74) is 0.232. The predicted molar refractivity (Wildman–Crippen MR) is 55.2 cm³/mol. The number of Topliss-reactive ketones (excluding diaryl/α,β-unsaturated/α-hetero) is 1. The quantitative estimate of drug-likeness (QED) is 0.789. The number of rotatable bonds is 2. The van der Waals surface area contributed by atoms with Crippen molar-refractivity contribution in [2.75, 3.05) is 18.1 Å². The van der Waals surface area contributed by atoms with Gasteiger partial charge in [-0.05, 0) is 12.1 Å². The summed E-state index contributed by atoms with van der Waals surface area (Å²) in [5, 5.41) is 8.55. The molecule has 1 aliphatic heterocycles. The van der Waals surface area contributed by atoms with Crippen LogP contribution in [0.3, 0.4) is 0 Å². The fourth-order valence-corrected chi connectivity index (χ4v) is 1.77. The number of hydrogen-bond donors (Lipinski definition) is 1. The van der Waals surface area contributed by atoms with Crippen molar-refractivity contribution in [3.8, 4) is 0 Å². The van der Waals surface area contributed by atoms with Crippen molar-refractivity contribution in [2.45, 2.75) is 0 Å². The van der Waals surface area contributed by atoms with Crippen molar-refractivity contribution in [1.82, 2.24) is 0 Å². The zero-order valence-electron chi connectivity index (χ0n) is 8.04. The summed E-state index contributed by atoms with van der Waals surface area (Å²) in [6.07, 6.45) is 0. The van der Waals surface area contributed by atoms with E-state index in [2.05, 4.69) is 0 Å². The van der Waals surface area contributed by atoms with E-state index >= 15 is 0 Å². The number of carbonyl (C=O) groups excluding carboxylic acids is 2. The summed E-state index contributed by atoms with van der Waals surface area (Å²) in [7, 11) is 0. The van der Waals surface area contributed by atoms with Crippen LogP contribution in [0.2, 0.25) is 5.02 Å². The Hall–Kier alpha value is -1.46. The van der Waals surface area contributed by atoms with Gasteiger partial charge in [-0.25, -0.2) is 4.39 Å². The topological polar surface area (TPSA) is 57.6 Å². The zero-order chi connectivity index (χ0) is 11.9. The normalized spacial score (nSPS) is 14.6. The van der Waals surface area contributed by atoms with Crippen molar-refractivity contribution in [3.05, 3.63) is 28.5 Å². The Bertz CT molecular complexity index is 489. The molecule has 1 aromatic carbocycles. The molecule has 0 saturated heterocycles. The number of fused-ring (bicyclic) bond motifs is 1. The third kappa shape index (κ3) is 1.48. The molecule has 0 saturated carbocycles. The Morgan fingerprint density at radius 1 is 1.38 bits per heavy atom. The number of anilines is 1. The first kappa shape index (κ1) is 11.0. The number of hydrogen-bond acceptors (Lipinski definition) is 3. The molecule has 1 aromatic rings. The van der Waals surface area contributed by atoms with E-state index in [9.17, 15) is 14.0 Å². The molecule has 1 N–H and O–H groups in total. The average Bonchev–Trinajstić information content (AvgIpc) is 2.46. The molecule has 0 aromatic heterocycles. The van der Waals surface area contributed by atoms with E-state index in [0.29, 0.717) is 0 Å². The number of nitrogens with zero attached hydrogens (tertiary/aromatic N) is 1. The molecule has 1 aliphatic rings. The smallest absolute Gasteiger partial charge is 0.299 e. The highest BCUT2D eigenvalue weighted by molar-refractivity contribution is 6.52. The maximum atomic E-state index is 13.2. The predicted octanol–water partition coefficient (Wildman–Crippen LogP) is 1.00. The largest absolute Gasteiger partial charge is 0.395 e. The molecule has 16 heavy (non-hydrogen) atoms. The van der Waals surface area contributed by atoms with Gasteiger partial charge in [0.15, 0.2) is 0 Å². The van der Waals surface area contributed by atoms with Gasteiger partial charge in [0.1, 0.15) is 5.82 Å². The number of β-amino-alcohol motifs (C(OH)–C–C–N with tert-alkyl or cyclic N) is 1. The Morgan fingerprint density at radius 2 is 2.06 bits per heavy atom. The fraction of sp³-hybridized carbons (Fsp3) is 0.200. The lowest BCUT2D eigenvalue weighted by molar-refractivity contribution is -0.114. The van der Waals surface area contributed by atoms with Crippen LogP contribution in [-0.4, -0.2) is 29.9 Å². The van der Waals surface area contributed by atoms with E-state index < -0.39 is 17.5 Å². The number of benzene rings is 1. The van der Waals surface area contributed by atoms with Crippen LogP contribution in [0.1, 0.15) is 10.4 Å². The first-order chi connectivity index (χ1) is 7.56. The molecule has 0 radical (unpaired) electrons. The molecule has 6 heteroatoms. The van der Waals surface area contributed by atoms with Gasteiger partial charge in [-0.3, -0.25) is 9.59 Å². The minimum absolute atomic E-state index is 0.0430.